The summed E-state index contributed by atoms with van der Waals surface area (Å²) < 4.78 is 25.1. The first kappa shape index (κ1) is 26.6. The minimum absolute atomic E-state index is 0.0930. The highest BCUT2D eigenvalue weighted by molar-refractivity contribution is 6.39. The number of rotatable bonds is 8. The standard InChI is InChI=1S/C29H24ClFN2O5/c1-4-6-20-11-19(14-25(37-3)26(20)38-16-18-7-5-8-21(31)12-18)13-23-27(34)32-29(36)33(28(23)35)22-10-9-17(2)24(30)15-22/h4-5,7-15H,1,6,16H2,2-3H3,(H,32,34,36)/b23-13-. The molecule has 4 rings (SSSR count). The summed E-state index contributed by atoms with van der Waals surface area (Å²) in [5.74, 6) is -1.24. The molecule has 3 aromatic carbocycles. The topological polar surface area (TPSA) is 84.9 Å². The maximum Gasteiger partial charge on any atom is 0.335 e. The van der Waals surface area contributed by atoms with Crippen LogP contribution >= 0.6 is 11.6 Å². The van der Waals surface area contributed by atoms with Gasteiger partial charge in [0.15, 0.2) is 11.5 Å². The van der Waals surface area contributed by atoms with Crippen LogP contribution in [0, 0.1) is 12.7 Å². The fraction of sp³-hybridized carbons (Fsp3) is 0.138. The summed E-state index contributed by atoms with van der Waals surface area (Å²) in [6, 6.07) is 13.2. The molecule has 0 spiro atoms. The van der Waals surface area contributed by atoms with E-state index in [1.165, 1.54) is 31.4 Å². The first-order valence-corrected chi connectivity index (χ1v) is 12.0. The Labute approximate surface area is 224 Å². The lowest BCUT2D eigenvalue weighted by Gasteiger charge is -2.26. The van der Waals surface area contributed by atoms with Crippen LogP contribution in [0.1, 0.15) is 22.3 Å². The summed E-state index contributed by atoms with van der Waals surface area (Å²) in [6.45, 7) is 5.67. The number of urea groups is 1. The van der Waals surface area contributed by atoms with Gasteiger partial charge in [0.2, 0.25) is 0 Å². The van der Waals surface area contributed by atoms with E-state index in [9.17, 15) is 18.8 Å². The van der Waals surface area contributed by atoms with Crippen LogP contribution in [-0.2, 0) is 22.6 Å². The molecule has 38 heavy (non-hydrogen) atoms. The molecule has 0 aromatic heterocycles. The molecule has 1 N–H and O–H groups in total. The number of nitrogens with one attached hydrogen (secondary N) is 1. The first-order chi connectivity index (χ1) is 18.2. The summed E-state index contributed by atoms with van der Waals surface area (Å²) in [5, 5.41) is 2.57. The molecule has 194 valence electrons. The summed E-state index contributed by atoms with van der Waals surface area (Å²) >= 11 is 6.19. The van der Waals surface area contributed by atoms with Gasteiger partial charge in [-0.15, -0.1) is 6.58 Å². The van der Waals surface area contributed by atoms with Crippen molar-refractivity contribution in [3.05, 3.63) is 106 Å². The number of carbonyl (C=O) groups is 3. The van der Waals surface area contributed by atoms with E-state index in [2.05, 4.69) is 11.9 Å². The van der Waals surface area contributed by atoms with Crippen molar-refractivity contribution in [3.63, 3.8) is 0 Å². The van der Waals surface area contributed by atoms with Crippen LogP contribution in [0.3, 0.4) is 0 Å². The Morgan fingerprint density at radius 2 is 1.89 bits per heavy atom. The van der Waals surface area contributed by atoms with Crippen LogP contribution in [0.4, 0.5) is 14.9 Å². The second-order valence-electron chi connectivity index (χ2n) is 8.51. The van der Waals surface area contributed by atoms with Gasteiger partial charge in [0.25, 0.3) is 11.8 Å². The molecule has 4 amide bonds. The van der Waals surface area contributed by atoms with Crippen molar-refractivity contribution in [2.24, 2.45) is 0 Å². The third-order valence-electron chi connectivity index (χ3n) is 5.84. The number of carbonyl (C=O) groups excluding carboxylic acids is 3. The lowest BCUT2D eigenvalue weighted by molar-refractivity contribution is -0.122. The van der Waals surface area contributed by atoms with Crippen LogP contribution in [-0.4, -0.2) is 25.0 Å². The Kier molecular flexibility index (Phi) is 7.93. The van der Waals surface area contributed by atoms with Crippen LogP contribution in [0.25, 0.3) is 6.08 Å². The number of hydrogen-bond donors (Lipinski definition) is 1. The predicted molar refractivity (Wildman–Crippen MR) is 143 cm³/mol. The van der Waals surface area contributed by atoms with Crippen molar-refractivity contribution in [1.82, 2.24) is 5.32 Å². The highest BCUT2D eigenvalue weighted by Crippen LogP contribution is 2.35. The molecule has 0 saturated carbocycles. The minimum atomic E-state index is -0.872. The number of imide groups is 2. The fourth-order valence-corrected chi connectivity index (χ4v) is 4.13. The molecule has 0 atom stereocenters. The van der Waals surface area contributed by atoms with Crippen molar-refractivity contribution in [3.8, 4) is 11.5 Å². The Bertz CT molecular complexity index is 1480. The molecular weight excluding hydrogens is 511 g/mol. The normalized spacial score (nSPS) is 14.5. The fourth-order valence-electron chi connectivity index (χ4n) is 3.95. The smallest absolute Gasteiger partial charge is 0.335 e. The Morgan fingerprint density at radius 1 is 1.11 bits per heavy atom. The highest BCUT2D eigenvalue weighted by atomic mass is 35.5. The van der Waals surface area contributed by atoms with E-state index in [0.717, 1.165) is 10.5 Å². The van der Waals surface area contributed by atoms with Crippen molar-refractivity contribution < 1.29 is 28.2 Å². The molecule has 7 nitrogen and oxygen atoms in total. The van der Waals surface area contributed by atoms with E-state index in [4.69, 9.17) is 21.1 Å². The molecule has 9 heteroatoms. The summed E-state index contributed by atoms with van der Waals surface area (Å²) in [6.07, 6.45) is 3.43. The Hall–Kier alpha value is -4.43. The minimum Gasteiger partial charge on any atom is -0.493 e. The second kappa shape index (κ2) is 11.3. The summed E-state index contributed by atoms with van der Waals surface area (Å²) in [4.78, 5) is 39.4. The number of anilines is 1. The lowest BCUT2D eigenvalue weighted by Crippen LogP contribution is -2.54. The van der Waals surface area contributed by atoms with Crippen molar-refractivity contribution in [1.29, 1.82) is 0 Å². The molecule has 1 heterocycles. The van der Waals surface area contributed by atoms with Gasteiger partial charge in [-0.05, 0) is 72.5 Å². The van der Waals surface area contributed by atoms with Crippen molar-refractivity contribution >= 4 is 41.2 Å². The monoisotopic (exact) mass is 534 g/mol. The van der Waals surface area contributed by atoms with Gasteiger partial charge < -0.3 is 9.47 Å². The molecule has 0 unspecified atom stereocenters. The highest BCUT2D eigenvalue weighted by Gasteiger charge is 2.37. The molecule has 1 saturated heterocycles. The number of aryl methyl sites for hydroxylation is 1. The van der Waals surface area contributed by atoms with Gasteiger partial charge in [-0.3, -0.25) is 14.9 Å². The number of benzene rings is 3. The van der Waals surface area contributed by atoms with Gasteiger partial charge in [-0.1, -0.05) is 35.9 Å². The number of allylic oxidation sites excluding steroid dienone is 1. The van der Waals surface area contributed by atoms with E-state index in [1.54, 1.807) is 49.4 Å². The molecule has 1 aliphatic rings. The summed E-state index contributed by atoms with van der Waals surface area (Å²) in [7, 11) is 1.46. The average Bonchev–Trinajstić information content (AvgIpc) is 2.87. The maximum atomic E-state index is 13.6. The zero-order valence-electron chi connectivity index (χ0n) is 20.7. The zero-order valence-corrected chi connectivity index (χ0v) is 21.5. The molecule has 1 fully saturated rings. The van der Waals surface area contributed by atoms with Crippen LogP contribution in [0.5, 0.6) is 11.5 Å². The van der Waals surface area contributed by atoms with Crippen LogP contribution < -0.4 is 19.7 Å². The van der Waals surface area contributed by atoms with Crippen LogP contribution in [0.15, 0.2) is 72.8 Å². The van der Waals surface area contributed by atoms with E-state index < -0.39 is 17.8 Å². The number of halogens is 2. The van der Waals surface area contributed by atoms with E-state index in [1.807, 2.05) is 0 Å². The number of barbiturate groups is 1. The SMILES string of the molecule is C=CCc1cc(/C=C2/C(=O)NC(=O)N(c3ccc(C)c(Cl)c3)C2=O)cc(OC)c1OCc1cccc(F)c1. The molecule has 3 aromatic rings. The van der Waals surface area contributed by atoms with E-state index in [-0.39, 0.29) is 23.7 Å². The number of amides is 4. The van der Waals surface area contributed by atoms with E-state index in [0.29, 0.717) is 39.6 Å². The van der Waals surface area contributed by atoms with Gasteiger partial charge in [0.1, 0.15) is 18.0 Å². The van der Waals surface area contributed by atoms with Crippen molar-refractivity contribution in [2.45, 2.75) is 20.0 Å². The number of ether oxygens (including phenoxy) is 2. The van der Waals surface area contributed by atoms with Crippen molar-refractivity contribution in [2.75, 3.05) is 12.0 Å². The molecular formula is C29H24ClFN2O5. The Balaban J connectivity index is 1.70. The molecule has 0 aliphatic carbocycles. The largest absolute Gasteiger partial charge is 0.493 e. The van der Waals surface area contributed by atoms with E-state index >= 15 is 0 Å². The number of methoxy groups -OCH3 is 1. The molecule has 0 bridgehead atoms. The Morgan fingerprint density at radius 3 is 2.58 bits per heavy atom. The molecule has 1 aliphatic heterocycles. The number of hydrogen-bond acceptors (Lipinski definition) is 5. The third-order valence-corrected chi connectivity index (χ3v) is 6.24. The first-order valence-electron chi connectivity index (χ1n) is 11.6. The van der Waals surface area contributed by atoms with Crippen LogP contribution in [0.2, 0.25) is 5.02 Å². The van der Waals surface area contributed by atoms with Gasteiger partial charge in [0.05, 0.1) is 12.8 Å². The second-order valence-corrected chi connectivity index (χ2v) is 8.92. The van der Waals surface area contributed by atoms with Gasteiger partial charge >= 0.3 is 6.03 Å². The average molecular weight is 535 g/mol. The maximum absolute atomic E-state index is 13.6. The predicted octanol–water partition coefficient (Wildman–Crippen LogP) is 5.77. The number of nitrogens with zero attached hydrogens (tertiary/aromatic N) is 1. The van der Waals surface area contributed by atoms with Gasteiger partial charge in [0, 0.05) is 10.6 Å². The van der Waals surface area contributed by atoms with Gasteiger partial charge in [-0.25, -0.2) is 14.1 Å². The van der Waals surface area contributed by atoms with Gasteiger partial charge in [-0.2, -0.15) is 0 Å². The quantitative estimate of drug-likeness (QED) is 0.225. The lowest BCUT2D eigenvalue weighted by atomic mass is 10.0. The zero-order chi connectivity index (χ0) is 27.4. The molecule has 0 radical (unpaired) electrons. The third kappa shape index (κ3) is 5.60. The summed E-state index contributed by atoms with van der Waals surface area (Å²) in [5.41, 5.74) is 2.52.